The Morgan fingerprint density at radius 3 is 2.53 bits per heavy atom. The van der Waals surface area contributed by atoms with Crippen molar-refractivity contribution < 1.29 is 0 Å². The van der Waals surface area contributed by atoms with Gasteiger partial charge in [0.2, 0.25) is 0 Å². The molecule has 2 N–H and O–H groups in total. The van der Waals surface area contributed by atoms with Crippen molar-refractivity contribution in [2.24, 2.45) is 0 Å². The van der Waals surface area contributed by atoms with Crippen LogP contribution in [-0.2, 0) is 6.42 Å². The Morgan fingerprint density at radius 2 is 1.89 bits per heavy atom. The molecule has 0 saturated heterocycles. The molecule has 2 aromatic rings. The molecule has 0 amide bonds. The molecule has 1 fully saturated rings. The number of rotatable bonds is 3. The second-order valence-electron chi connectivity index (χ2n) is 5.40. The summed E-state index contributed by atoms with van der Waals surface area (Å²) in [5.74, 6) is 0. The number of anilines is 1. The molecule has 3 heteroatoms. The van der Waals surface area contributed by atoms with E-state index in [0.29, 0.717) is 6.04 Å². The standard InChI is InChI=1S/C16H21N3/c1-2-12-7-9-13(10-8-12)16-15(17)11-19(18-16)14-5-3-4-6-14/h7-11,14H,2-6,17H2,1H3. The average molecular weight is 255 g/mol. The predicted octanol–water partition coefficient (Wildman–Crippen LogP) is 3.81. The lowest BCUT2D eigenvalue weighted by atomic mass is 10.1. The van der Waals surface area contributed by atoms with Gasteiger partial charge in [-0.2, -0.15) is 5.10 Å². The van der Waals surface area contributed by atoms with Crippen molar-refractivity contribution in [3.63, 3.8) is 0 Å². The zero-order valence-corrected chi connectivity index (χ0v) is 11.5. The van der Waals surface area contributed by atoms with Gasteiger partial charge in [0.05, 0.1) is 11.7 Å². The first-order chi connectivity index (χ1) is 9.28. The highest BCUT2D eigenvalue weighted by atomic mass is 15.3. The molecule has 1 aromatic heterocycles. The van der Waals surface area contributed by atoms with E-state index in [1.807, 2.05) is 6.20 Å². The molecule has 0 unspecified atom stereocenters. The zero-order valence-electron chi connectivity index (χ0n) is 11.5. The van der Waals surface area contributed by atoms with E-state index in [1.54, 1.807) is 0 Å². The molecular weight excluding hydrogens is 234 g/mol. The van der Waals surface area contributed by atoms with Crippen LogP contribution in [0.2, 0.25) is 0 Å². The molecule has 0 spiro atoms. The van der Waals surface area contributed by atoms with Crippen molar-refractivity contribution in [3.8, 4) is 11.3 Å². The maximum Gasteiger partial charge on any atom is 0.115 e. The van der Waals surface area contributed by atoms with Crippen LogP contribution < -0.4 is 5.73 Å². The van der Waals surface area contributed by atoms with Gasteiger partial charge in [-0.05, 0) is 24.8 Å². The van der Waals surface area contributed by atoms with Crippen molar-refractivity contribution in [3.05, 3.63) is 36.0 Å². The quantitative estimate of drug-likeness (QED) is 0.906. The highest BCUT2D eigenvalue weighted by Crippen LogP contribution is 2.32. The van der Waals surface area contributed by atoms with Crippen LogP contribution in [-0.4, -0.2) is 9.78 Å². The smallest absolute Gasteiger partial charge is 0.115 e. The molecule has 0 radical (unpaired) electrons. The predicted molar refractivity (Wildman–Crippen MR) is 79.0 cm³/mol. The fourth-order valence-electron chi connectivity index (χ4n) is 2.88. The molecule has 3 rings (SSSR count). The molecule has 3 nitrogen and oxygen atoms in total. The third-order valence-electron chi connectivity index (χ3n) is 4.09. The summed E-state index contributed by atoms with van der Waals surface area (Å²) in [6.07, 6.45) is 8.14. The van der Waals surface area contributed by atoms with Crippen LogP contribution in [0, 0.1) is 0 Å². The lowest BCUT2D eigenvalue weighted by molar-refractivity contribution is 0.468. The number of nitrogen functional groups attached to an aromatic ring is 1. The number of aromatic nitrogens is 2. The molecule has 0 aliphatic heterocycles. The summed E-state index contributed by atoms with van der Waals surface area (Å²) in [6.45, 7) is 2.16. The van der Waals surface area contributed by atoms with Gasteiger partial charge >= 0.3 is 0 Å². The molecule has 19 heavy (non-hydrogen) atoms. The molecule has 1 aliphatic rings. The van der Waals surface area contributed by atoms with Gasteiger partial charge < -0.3 is 5.73 Å². The summed E-state index contributed by atoms with van der Waals surface area (Å²) in [5.41, 5.74) is 10.3. The highest BCUT2D eigenvalue weighted by molar-refractivity contribution is 5.72. The van der Waals surface area contributed by atoms with Gasteiger partial charge in [0.25, 0.3) is 0 Å². The van der Waals surface area contributed by atoms with E-state index >= 15 is 0 Å². The van der Waals surface area contributed by atoms with E-state index in [0.717, 1.165) is 23.4 Å². The second-order valence-corrected chi connectivity index (χ2v) is 5.40. The molecule has 1 aromatic carbocycles. The fraction of sp³-hybridized carbons (Fsp3) is 0.438. The SMILES string of the molecule is CCc1ccc(-c2nn(C3CCCC3)cc2N)cc1. The van der Waals surface area contributed by atoms with Crippen LogP contribution in [0.15, 0.2) is 30.5 Å². The summed E-state index contributed by atoms with van der Waals surface area (Å²) in [6, 6.07) is 9.10. The molecule has 1 aliphatic carbocycles. The van der Waals surface area contributed by atoms with Crippen LogP contribution in [0.4, 0.5) is 5.69 Å². The van der Waals surface area contributed by atoms with Gasteiger partial charge in [-0.25, -0.2) is 0 Å². The van der Waals surface area contributed by atoms with Gasteiger partial charge in [-0.1, -0.05) is 44.0 Å². The summed E-state index contributed by atoms with van der Waals surface area (Å²) >= 11 is 0. The molecular formula is C16H21N3. The van der Waals surface area contributed by atoms with Gasteiger partial charge in [-0.3, -0.25) is 4.68 Å². The highest BCUT2D eigenvalue weighted by Gasteiger charge is 2.19. The van der Waals surface area contributed by atoms with Crippen molar-refractivity contribution in [1.82, 2.24) is 9.78 Å². The molecule has 0 bridgehead atoms. The number of nitrogens with zero attached hydrogens (tertiary/aromatic N) is 2. The molecule has 1 saturated carbocycles. The normalized spacial score (nSPS) is 16.1. The van der Waals surface area contributed by atoms with Crippen LogP contribution in [0.25, 0.3) is 11.3 Å². The summed E-state index contributed by atoms with van der Waals surface area (Å²) in [7, 11) is 0. The maximum atomic E-state index is 6.13. The van der Waals surface area contributed by atoms with Crippen LogP contribution >= 0.6 is 0 Å². The largest absolute Gasteiger partial charge is 0.396 e. The number of hydrogen-bond acceptors (Lipinski definition) is 2. The summed E-state index contributed by atoms with van der Waals surface area (Å²) < 4.78 is 2.07. The maximum absolute atomic E-state index is 6.13. The first kappa shape index (κ1) is 12.3. The first-order valence-corrected chi connectivity index (χ1v) is 7.22. The van der Waals surface area contributed by atoms with Gasteiger partial charge in [0.15, 0.2) is 0 Å². The minimum absolute atomic E-state index is 0.547. The number of aryl methyl sites for hydroxylation is 1. The molecule has 1 heterocycles. The zero-order chi connectivity index (χ0) is 13.2. The lowest BCUT2D eigenvalue weighted by Crippen LogP contribution is -2.04. The lowest BCUT2D eigenvalue weighted by Gasteiger charge is -2.08. The van der Waals surface area contributed by atoms with Crippen LogP contribution in [0.1, 0.15) is 44.2 Å². The Bertz CT molecular complexity index is 548. The third kappa shape index (κ3) is 2.37. The Balaban J connectivity index is 1.90. The van der Waals surface area contributed by atoms with E-state index in [4.69, 9.17) is 10.8 Å². The van der Waals surface area contributed by atoms with Crippen molar-refractivity contribution in [1.29, 1.82) is 0 Å². The fourth-order valence-corrected chi connectivity index (χ4v) is 2.88. The number of nitrogens with two attached hydrogens (primary N) is 1. The van der Waals surface area contributed by atoms with E-state index in [1.165, 1.54) is 31.2 Å². The molecule has 100 valence electrons. The number of benzene rings is 1. The monoisotopic (exact) mass is 255 g/mol. The Morgan fingerprint density at radius 1 is 1.21 bits per heavy atom. The van der Waals surface area contributed by atoms with Crippen molar-refractivity contribution >= 4 is 5.69 Å². The summed E-state index contributed by atoms with van der Waals surface area (Å²) in [5, 5.41) is 4.71. The minimum atomic E-state index is 0.547. The third-order valence-corrected chi connectivity index (χ3v) is 4.09. The topological polar surface area (TPSA) is 43.8 Å². The number of hydrogen-bond donors (Lipinski definition) is 1. The average Bonchev–Trinajstić information content (AvgIpc) is 3.08. The van der Waals surface area contributed by atoms with Gasteiger partial charge in [0, 0.05) is 11.8 Å². The summed E-state index contributed by atoms with van der Waals surface area (Å²) in [4.78, 5) is 0. The van der Waals surface area contributed by atoms with Gasteiger partial charge in [0.1, 0.15) is 5.69 Å². The minimum Gasteiger partial charge on any atom is -0.396 e. The van der Waals surface area contributed by atoms with Crippen LogP contribution in [0.5, 0.6) is 0 Å². The Hall–Kier alpha value is -1.77. The Kier molecular flexibility index (Phi) is 3.28. The van der Waals surface area contributed by atoms with Crippen molar-refractivity contribution in [2.75, 3.05) is 5.73 Å². The van der Waals surface area contributed by atoms with E-state index < -0.39 is 0 Å². The van der Waals surface area contributed by atoms with Crippen LogP contribution in [0.3, 0.4) is 0 Å². The Labute approximate surface area is 114 Å². The van der Waals surface area contributed by atoms with Gasteiger partial charge in [-0.15, -0.1) is 0 Å². The van der Waals surface area contributed by atoms with E-state index in [-0.39, 0.29) is 0 Å². The van der Waals surface area contributed by atoms with E-state index in [2.05, 4.69) is 35.9 Å². The van der Waals surface area contributed by atoms with Crippen molar-refractivity contribution in [2.45, 2.75) is 45.1 Å². The second kappa shape index (κ2) is 5.08. The molecule has 0 atom stereocenters. The van der Waals surface area contributed by atoms with E-state index in [9.17, 15) is 0 Å². The first-order valence-electron chi connectivity index (χ1n) is 7.22.